The van der Waals surface area contributed by atoms with Crippen molar-refractivity contribution in [2.75, 3.05) is 0 Å². The van der Waals surface area contributed by atoms with Gasteiger partial charge < -0.3 is 9.51 Å². The molecule has 74 valence electrons. The monoisotopic (exact) mass is 202 g/mol. The van der Waals surface area contributed by atoms with Crippen LogP contribution in [-0.2, 0) is 6.18 Å². The summed E-state index contributed by atoms with van der Waals surface area (Å²) in [6.07, 6.45) is -2.88. The zero-order chi connectivity index (χ0) is 10.2. The SMILES string of the molecule is FC(F)(F)c1cc(-c2ccc[nH]2)on1. The molecule has 0 aliphatic rings. The second kappa shape index (κ2) is 2.90. The standard InChI is InChI=1S/C8H5F3N2O/c9-8(10,11)7-4-6(14-13-7)5-2-1-3-12-5/h1-4,12H. The van der Waals surface area contributed by atoms with Gasteiger partial charge in [0.25, 0.3) is 0 Å². The molecule has 0 atom stereocenters. The summed E-state index contributed by atoms with van der Waals surface area (Å²) >= 11 is 0. The molecule has 0 aromatic carbocycles. The molecule has 0 spiro atoms. The second-order valence-corrected chi connectivity index (χ2v) is 2.66. The average molecular weight is 202 g/mol. The maximum absolute atomic E-state index is 12.1. The molecule has 2 aromatic rings. The van der Waals surface area contributed by atoms with E-state index in [1.807, 2.05) is 0 Å². The summed E-state index contributed by atoms with van der Waals surface area (Å²) in [5.74, 6) is 0.0716. The Labute approximate surface area is 76.5 Å². The minimum Gasteiger partial charge on any atom is -0.359 e. The van der Waals surface area contributed by atoms with Gasteiger partial charge >= 0.3 is 6.18 Å². The predicted octanol–water partition coefficient (Wildman–Crippen LogP) is 2.69. The molecule has 1 N–H and O–H groups in total. The molecule has 2 rings (SSSR count). The van der Waals surface area contributed by atoms with Gasteiger partial charge in [-0.15, -0.1) is 0 Å². The van der Waals surface area contributed by atoms with Crippen LogP contribution in [0.2, 0.25) is 0 Å². The fourth-order valence-corrected chi connectivity index (χ4v) is 1.02. The number of nitrogens with one attached hydrogen (secondary N) is 1. The molecule has 0 fully saturated rings. The van der Waals surface area contributed by atoms with E-state index in [4.69, 9.17) is 0 Å². The highest BCUT2D eigenvalue weighted by Crippen LogP contribution is 2.30. The van der Waals surface area contributed by atoms with Crippen molar-refractivity contribution in [3.63, 3.8) is 0 Å². The first-order chi connectivity index (χ1) is 6.57. The third kappa shape index (κ3) is 1.50. The Morgan fingerprint density at radius 2 is 2.14 bits per heavy atom. The summed E-state index contributed by atoms with van der Waals surface area (Å²) in [6, 6.07) is 4.11. The molecule has 6 heteroatoms. The van der Waals surface area contributed by atoms with E-state index in [0.29, 0.717) is 5.69 Å². The van der Waals surface area contributed by atoms with Crippen LogP contribution in [-0.4, -0.2) is 10.1 Å². The molecular weight excluding hydrogens is 197 g/mol. The second-order valence-electron chi connectivity index (χ2n) is 2.66. The predicted molar refractivity (Wildman–Crippen MR) is 41.3 cm³/mol. The van der Waals surface area contributed by atoms with E-state index in [1.54, 1.807) is 18.3 Å². The number of aromatic nitrogens is 2. The van der Waals surface area contributed by atoms with Gasteiger partial charge in [0.15, 0.2) is 11.5 Å². The lowest BCUT2D eigenvalue weighted by molar-refractivity contribution is -0.142. The molecule has 0 aliphatic heterocycles. The van der Waals surface area contributed by atoms with Crippen molar-refractivity contribution >= 4 is 0 Å². The van der Waals surface area contributed by atoms with Gasteiger partial charge in [0, 0.05) is 12.3 Å². The molecule has 0 unspecified atom stereocenters. The van der Waals surface area contributed by atoms with Crippen LogP contribution in [0.5, 0.6) is 0 Å². The van der Waals surface area contributed by atoms with Gasteiger partial charge in [0.05, 0.1) is 5.69 Å². The first kappa shape index (κ1) is 8.86. The van der Waals surface area contributed by atoms with Crippen LogP contribution in [0.1, 0.15) is 5.69 Å². The lowest BCUT2D eigenvalue weighted by atomic mass is 10.3. The summed E-state index contributed by atoms with van der Waals surface area (Å²) in [5.41, 5.74) is -0.560. The molecule has 0 bridgehead atoms. The van der Waals surface area contributed by atoms with Gasteiger partial charge in [-0.2, -0.15) is 13.2 Å². The zero-order valence-electron chi connectivity index (χ0n) is 6.80. The Balaban J connectivity index is 2.36. The molecule has 0 saturated carbocycles. The fourth-order valence-electron chi connectivity index (χ4n) is 1.02. The fraction of sp³-hybridized carbons (Fsp3) is 0.125. The van der Waals surface area contributed by atoms with Crippen LogP contribution < -0.4 is 0 Å². The molecule has 2 heterocycles. The lowest BCUT2D eigenvalue weighted by Gasteiger charge is -1.97. The van der Waals surface area contributed by atoms with E-state index in [9.17, 15) is 13.2 Å². The Morgan fingerprint density at radius 1 is 1.36 bits per heavy atom. The normalized spacial score (nSPS) is 11.9. The molecule has 0 amide bonds. The van der Waals surface area contributed by atoms with Gasteiger partial charge in [0.1, 0.15) is 0 Å². The number of hydrogen-bond acceptors (Lipinski definition) is 2. The van der Waals surface area contributed by atoms with E-state index < -0.39 is 11.9 Å². The van der Waals surface area contributed by atoms with E-state index in [1.165, 1.54) is 0 Å². The van der Waals surface area contributed by atoms with Crippen LogP contribution >= 0.6 is 0 Å². The van der Waals surface area contributed by atoms with E-state index in [-0.39, 0.29) is 5.76 Å². The molecule has 2 aromatic heterocycles. The zero-order valence-corrected chi connectivity index (χ0v) is 6.80. The number of aromatic amines is 1. The number of rotatable bonds is 1. The van der Waals surface area contributed by atoms with Crippen molar-refractivity contribution in [3.8, 4) is 11.5 Å². The summed E-state index contributed by atoms with van der Waals surface area (Å²) in [4.78, 5) is 2.72. The molecule has 14 heavy (non-hydrogen) atoms. The van der Waals surface area contributed by atoms with Crippen molar-refractivity contribution in [1.29, 1.82) is 0 Å². The largest absolute Gasteiger partial charge is 0.436 e. The van der Waals surface area contributed by atoms with Crippen LogP contribution in [0.3, 0.4) is 0 Å². The quantitative estimate of drug-likeness (QED) is 0.772. The number of H-pyrrole nitrogens is 1. The van der Waals surface area contributed by atoms with Gasteiger partial charge in [-0.3, -0.25) is 0 Å². The minimum atomic E-state index is -4.46. The van der Waals surface area contributed by atoms with Crippen LogP contribution in [0.25, 0.3) is 11.5 Å². The maximum Gasteiger partial charge on any atom is 0.436 e. The Kier molecular flexibility index (Phi) is 1.83. The Bertz CT molecular complexity index is 416. The summed E-state index contributed by atoms with van der Waals surface area (Å²) < 4.78 is 40.9. The average Bonchev–Trinajstić information content (AvgIpc) is 2.73. The number of hydrogen-bond donors (Lipinski definition) is 1. The van der Waals surface area contributed by atoms with Gasteiger partial charge in [-0.25, -0.2) is 0 Å². The third-order valence-corrected chi connectivity index (χ3v) is 1.66. The van der Waals surface area contributed by atoms with Crippen LogP contribution in [0.15, 0.2) is 28.9 Å². The van der Waals surface area contributed by atoms with E-state index >= 15 is 0 Å². The highest BCUT2D eigenvalue weighted by molar-refractivity contribution is 5.52. The summed E-state index contributed by atoms with van der Waals surface area (Å²) in [5, 5.41) is 2.92. The smallest absolute Gasteiger partial charge is 0.359 e. The van der Waals surface area contributed by atoms with Gasteiger partial charge in [0.2, 0.25) is 0 Å². The van der Waals surface area contributed by atoms with Crippen molar-refractivity contribution < 1.29 is 17.7 Å². The highest BCUT2D eigenvalue weighted by Gasteiger charge is 2.35. The lowest BCUT2D eigenvalue weighted by Crippen LogP contribution is -2.04. The van der Waals surface area contributed by atoms with Crippen LogP contribution in [0.4, 0.5) is 13.2 Å². The van der Waals surface area contributed by atoms with E-state index in [2.05, 4.69) is 14.7 Å². The minimum absolute atomic E-state index is 0.0716. The van der Waals surface area contributed by atoms with Crippen LogP contribution in [0, 0.1) is 0 Å². The Morgan fingerprint density at radius 3 is 2.64 bits per heavy atom. The molecule has 0 saturated heterocycles. The van der Waals surface area contributed by atoms with Gasteiger partial charge in [-0.05, 0) is 12.1 Å². The summed E-state index contributed by atoms with van der Waals surface area (Å²) in [7, 11) is 0. The molecular formula is C8H5F3N2O. The molecule has 0 aliphatic carbocycles. The topological polar surface area (TPSA) is 41.8 Å². The Hall–Kier alpha value is -1.72. The van der Waals surface area contributed by atoms with Gasteiger partial charge in [-0.1, -0.05) is 5.16 Å². The van der Waals surface area contributed by atoms with Crippen molar-refractivity contribution in [3.05, 3.63) is 30.1 Å². The van der Waals surface area contributed by atoms with Crippen molar-refractivity contribution in [2.24, 2.45) is 0 Å². The van der Waals surface area contributed by atoms with E-state index in [0.717, 1.165) is 6.07 Å². The van der Waals surface area contributed by atoms with Crippen molar-refractivity contribution in [1.82, 2.24) is 10.1 Å². The first-order valence-electron chi connectivity index (χ1n) is 3.75. The molecule has 0 radical (unpaired) electrons. The molecule has 3 nitrogen and oxygen atoms in total. The number of nitrogens with zero attached hydrogens (tertiary/aromatic N) is 1. The highest BCUT2D eigenvalue weighted by atomic mass is 19.4. The van der Waals surface area contributed by atoms with Crippen molar-refractivity contribution in [2.45, 2.75) is 6.18 Å². The maximum atomic E-state index is 12.1. The number of alkyl halides is 3. The first-order valence-corrected chi connectivity index (χ1v) is 3.75. The summed E-state index contributed by atoms with van der Waals surface area (Å²) in [6.45, 7) is 0. The number of halogens is 3. The third-order valence-electron chi connectivity index (χ3n) is 1.66.